The summed E-state index contributed by atoms with van der Waals surface area (Å²) in [6, 6.07) is 4.22. The number of nitrogens with one attached hydrogen (secondary N) is 2. The molecule has 15 heavy (non-hydrogen) atoms. The lowest BCUT2D eigenvalue weighted by atomic mass is 10.1. The zero-order valence-corrected chi connectivity index (χ0v) is 7.65. The minimum atomic E-state index is -1.11. The summed E-state index contributed by atoms with van der Waals surface area (Å²) in [5.41, 5.74) is 0.789. The van der Waals surface area contributed by atoms with Gasteiger partial charge in [-0.25, -0.2) is 4.79 Å². The van der Waals surface area contributed by atoms with Gasteiger partial charge in [-0.3, -0.25) is 4.79 Å². The molecule has 0 bridgehead atoms. The maximum absolute atomic E-state index is 11.2. The first kappa shape index (κ1) is 9.26. The normalized spacial score (nSPS) is 10.1. The summed E-state index contributed by atoms with van der Waals surface area (Å²) in [7, 11) is 0. The van der Waals surface area contributed by atoms with Gasteiger partial charge < -0.3 is 15.1 Å². The molecule has 0 fully saturated rings. The number of carboxylic acids is 1. The van der Waals surface area contributed by atoms with Crippen molar-refractivity contribution in [2.24, 2.45) is 0 Å². The molecule has 0 aliphatic carbocycles. The molecule has 0 radical (unpaired) electrons. The molecule has 0 atom stereocenters. The summed E-state index contributed by atoms with van der Waals surface area (Å²) in [5.74, 6) is -1.11. The van der Waals surface area contributed by atoms with Crippen LogP contribution in [0.15, 0.2) is 35.4 Å². The Morgan fingerprint density at radius 2 is 2.13 bits per heavy atom. The van der Waals surface area contributed by atoms with Gasteiger partial charge in [0.15, 0.2) is 0 Å². The third-order valence-corrected chi connectivity index (χ3v) is 2.00. The minimum Gasteiger partial charge on any atom is -0.478 e. The standard InChI is InChI=1S/C10H8N2O3/c13-9-4-7(10(14)15)3-8(12-9)6-1-2-11-5-6/h1-5,11H,(H,12,13)(H,14,15). The van der Waals surface area contributed by atoms with E-state index in [1.54, 1.807) is 18.5 Å². The van der Waals surface area contributed by atoms with Crippen molar-refractivity contribution in [2.45, 2.75) is 0 Å². The number of H-pyrrole nitrogens is 2. The lowest BCUT2D eigenvalue weighted by Crippen LogP contribution is -2.10. The van der Waals surface area contributed by atoms with Gasteiger partial charge in [0.25, 0.3) is 0 Å². The molecule has 0 amide bonds. The van der Waals surface area contributed by atoms with E-state index < -0.39 is 11.5 Å². The number of hydrogen-bond donors (Lipinski definition) is 3. The highest BCUT2D eigenvalue weighted by atomic mass is 16.4. The zero-order chi connectivity index (χ0) is 10.8. The first-order valence-corrected chi connectivity index (χ1v) is 4.27. The third kappa shape index (κ3) is 1.80. The van der Waals surface area contributed by atoms with Crippen molar-refractivity contribution >= 4 is 5.97 Å². The molecule has 0 unspecified atom stereocenters. The number of rotatable bonds is 2. The van der Waals surface area contributed by atoms with E-state index in [9.17, 15) is 9.59 Å². The second-order valence-corrected chi connectivity index (χ2v) is 3.05. The number of hydrogen-bond acceptors (Lipinski definition) is 2. The van der Waals surface area contributed by atoms with Gasteiger partial charge in [-0.2, -0.15) is 0 Å². The molecule has 76 valence electrons. The summed E-state index contributed by atoms with van der Waals surface area (Å²) >= 11 is 0. The maximum atomic E-state index is 11.2. The summed E-state index contributed by atoms with van der Waals surface area (Å²) in [6.07, 6.45) is 3.37. The molecule has 0 aliphatic rings. The van der Waals surface area contributed by atoms with Crippen LogP contribution in [0.2, 0.25) is 0 Å². The smallest absolute Gasteiger partial charge is 0.335 e. The predicted octanol–water partition coefficient (Wildman–Crippen LogP) is 1.07. The lowest BCUT2D eigenvalue weighted by Gasteiger charge is -1.99. The van der Waals surface area contributed by atoms with Gasteiger partial charge in [-0.15, -0.1) is 0 Å². The molecule has 0 aromatic carbocycles. The van der Waals surface area contributed by atoms with E-state index in [0.717, 1.165) is 11.6 Å². The Morgan fingerprint density at radius 3 is 2.73 bits per heavy atom. The number of aromatic amines is 2. The predicted molar refractivity (Wildman–Crippen MR) is 53.8 cm³/mol. The van der Waals surface area contributed by atoms with E-state index in [-0.39, 0.29) is 5.56 Å². The van der Waals surface area contributed by atoms with Crippen molar-refractivity contribution in [1.29, 1.82) is 0 Å². The van der Waals surface area contributed by atoms with Crippen molar-refractivity contribution in [2.75, 3.05) is 0 Å². The van der Waals surface area contributed by atoms with Crippen molar-refractivity contribution in [3.63, 3.8) is 0 Å². The van der Waals surface area contributed by atoms with E-state index in [2.05, 4.69) is 9.97 Å². The van der Waals surface area contributed by atoms with E-state index in [1.165, 1.54) is 6.07 Å². The molecule has 5 heteroatoms. The number of carboxylic acid groups (broad SMARTS) is 1. The van der Waals surface area contributed by atoms with Crippen LogP contribution >= 0.6 is 0 Å². The van der Waals surface area contributed by atoms with Crippen LogP contribution < -0.4 is 5.56 Å². The molecule has 2 rings (SSSR count). The SMILES string of the molecule is O=C(O)c1cc(-c2cc[nH]c2)[nH]c(=O)c1. The van der Waals surface area contributed by atoms with E-state index in [1.807, 2.05) is 0 Å². The Kier molecular flexibility index (Phi) is 2.13. The van der Waals surface area contributed by atoms with Crippen LogP contribution in [0.1, 0.15) is 10.4 Å². The van der Waals surface area contributed by atoms with Gasteiger partial charge in [0.1, 0.15) is 0 Å². The fraction of sp³-hybridized carbons (Fsp3) is 0. The van der Waals surface area contributed by atoms with E-state index in [4.69, 9.17) is 5.11 Å². The molecule has 2 aromatic rings. The molecule has 3 N–H and O–H groups in total. The second-order valence-electron chi connectivity index (χ2n) is 3.05. The molecule has 0 saturated heterocycles. The Hall–Kier alpha value is -2.30. The summed E-state index contributed by atoms with van der Waals surface area (Å²) in [4.78, 5) is 27.3. The number of carbonyl (C=O) groups is 1. The van der Waals surface area contributed by atoms with Gasteiger partial charge >= 0.3 is 5.97 Å². The highest BCUT2D eigenvalue weighted by Gasteiger charge is 2.07. The quantitative estimate of drug-likeness (QED) is 0.683. The minimum absolute atomic E-state index is 0.0186. The second kappa shape index (κ2) is 3.45. The van der Waals surface area contributed by atoms with Gasteiger partial charge in [-0.1, -0.05) is 0 Å². The number of aromatic nitrogens is 2. The topological polar surface area (TPSA) is 85.9 Å². The Balaban J connectivity index is 2.59. The molecule has 2 heterocycles. The fourth-order valence-corrected chi connectivity index (χ4v) is 1.31. The van der Waals surface area contributed by atoms with Crippen LogP contribution in [0.4, 0.5) is 0 Å². The van der Waals surface area contributed by atoms with Gasteiger partial charge in [-0.05, 0) is 12.1 Å². The van der Waals surface area contributed by atoms with Crippen LogP contribution in [0.5, 0.6) is 0 Å². The molecule has 5 nitrogen and oxygen atoms in total. The van der Waals surface area contributed by atoms with Gasteiger partial charge in [0, 0.05) is 24.0 Å². The van der Waals surface area contributed by atoms with Gasteiger partial charge in [0.2, 0.25) is 5.56 Å². The van der Waals surface area contributed by atoms with Gasteiger partial charge in [0.05, 0.1) is 11.3 Å². The molecule has 0 saturated carbocycles. The molecular formula is C10H8N2O3. The van der Waals surface area contributed by atoms with Crippen molar-refractivity contribution < 1.29 is 9.90 Å². The van der Waals surface area contributed by atoms with Crippen molar-refractivity contribution in [1.82, 2.24) is 9.97 Å². The monoisotopic (exact) mass is 204 g/mol. The fourth-order valence-electron chi connectivity index (χ4n) is 1.31. The summed E-state index contributed by atoms with van der Waals surface area (Å²) < 4.78 is 0. The average Bonchev–Trinajstić information content (AvgIpc) is 2.69. The van der Waals surface area contributed by atoms with Crippen LogP contribution in [-0.2, 0) is 0 Å². The number of aromatic carboxylic acids is 1. The molecular weight excluding hydrogens is 196 g/mol. The molecule has 0 aliphatic heterocycles. The van der Waals surface area contributed by atoms with Crippen LogP contribution in [0.25, 0.3) is 11.3 Å². The van der Waals surface area contributed by atoms with E-state index >= 15 is 0 Å². The van der Waals surface area contributed by atoms with Crippen molar-refractivity contribution in [3.8, 4) is 11.3 Å². The maximum Gasteiger partial charge on any atom is 0.335 e. The summed E-state index contributed by atoms with van der Waals surface area (Å²) in [5, 5.41) is 8.77. The first-order valence-electron chi connectivity index (χ1n) is 4.27. The highest BCUT2D eigenvalue weighted by Crippen LogP contribution is 2.15. The molecule has 0 spiro atoms. The molecule has 2 aromatic heterocycles. The van der Waals surface area contributed by atoms with Crippen LogP contribution in [0.3, 0.4) is 0 Å². The Morgan fingerprint density at radius 1 is 1.33 bits per heavy atom. The first-order chi connectivity index (χ1) is 7.16. The van der Waals surface area contributed by atoms with Crippen LogP contribution in [0, 0.1) is 0 Å². The Bertz CT molecular complexity index is 540. The zero-order valence-electron chi connectivity index (χ0n) is 7.65. The largest absolute Gasteiger partial charge is 0.478 e. The summed E-state index contributed by atoms with van der Waals surface area (Å²) in [6.45, 7) is 0. The lowest BCUT2D eigenvalue weighted by molar-refractivity contribution is 0.0696. The number of pyridine rings is 1. The van der Waals surface area contributed by atoms with Crippen molar-refractivity contribution in [3.05, 3.63) is 46.5 Å². The van der Waals surface area contributed by atoms with Crippen LogP contribution in [-0.4, -0.2) is 21.0 Å². The average molecular weight is 204 g/mol. The highest BCUT2D eigenvalue weighted by molar-refractivity contribution is 5.88. The third-order valence-electron chi connectivity index (χ3n) is 2.00. The Labute approximate surface area is 84.4 Å². The van der Waals surface area contributed by atoms with E-state index in [0.29, 0.717) is 5.69 Å².